The summed E-state index contributed by atoms with van der Waals surface area (Å²) in [6, 6.07) is 2.08. The summed E-state index contributed by atoms with van der Waals surface area (Å²) in [5, 5.41) is 0. The summed E-state index contributed by atoms with van der Waals surface area (Å²) in [6.07, 6.45) is 3.63. The predicted octanol–water partition coefficient (Wildman–Crippen LogP) is 2.10. The molecule has 0 radical (unpaired) electrons. The van der Waals surface area contributed by atoms with Crippen LogP contribution in [0.15, 0.2) is 18.8 Å². The van der Waals surface area contributed by atoms with Crippen LogP contribution in [0.2, 0.25) is 0 Å². The SMILES string of the molecule is C=Cc1cnc(N(C)C)c(C)c1. The topological polar surface area (TPSA) is 16.1 Å². The van der Waals surface area contributed by atoms with Crippen molar-refractivity contribution in [3.05, 3.63) is 30.0 Å². The normalized spacial score (nSPS) is 9.58. The molecule has 0 bridgehead atoms. The lowest BCUT2D eigenvalue weighted by Crippen LogP contribution is -2.12. The molecule has 0 atom stereocenters. The number of anilines is 1. The maximum atomic E-state index is 4.30. The van der Waals surface area contributed by atoms with Crippen LogP contribution >= 0.6 is 0 Å². The van der Waals surface area contributed by atoms with Crippen LogP contribution < -0.4 is 4.90 Å². The van der Waals surface area contributed by atoms with Crippen molar-refractivity contribution in [1.29, 1.82) is 0 Å². The second-order valence-electron chi connectivity index (χ2n) is 3.01. The maximum Gasteiger partial charge on any atom is 0.130 e. The standard InChI is InChI=1S/C10H14N2/c1-5-9-6-8(2)10(11-7-9)12(3)4/h5-7H,1H2,2-4H3. The van der Waals surface area contributed by atoms with Crippen molar-refractivity contribution in [2.75, 3.05) is 19.0 Å². The molecule has 12 heavy (non-hydrogen) atoms. The van der Waals surface area contributed by atoms with Crippen LogP contribution in [0.25, 0.3) is 6.08 Å². The van der Waals surface area contributed by atoms with E-state index in [9.17, 15) is 0 Å². The number of hydrogen-bond acceptors (Lipinski definition) is 2. The van der Waals surface area contributed by atoms with Gasteiger partial charge in [0.25, 0.3) is 0 Å². The van der Waals surface area contributed by atoms with Gasteiger partial charge < -0.3 is 4.90 Å². The fourth-order valence-corrected chi connectivity index (χ4v) is 1.17. The van der Waals surface area contributed by atoms with Gasteiger partial charge in [-0.25, -0.2) is 4.98 Å². The number of aromatic nitrogens is 1. The Balaban J connectivity index is 3.11. The number of nitrogens with zero attached hydrogens (tertiary/aromatic N) is 2. The van der Waals surface area contributed by atoms with Gasteiger partial charge in [0.05, 0.1) is 0 Å². The molecule has 0 saturated heterocycles. The molecule has 1 heterocycles. The Bertz CT molecular complexity index is 290. The van der Waals surface area contributed by atoms with Gasteiger partial charge in [0, 0.05) is 20.3 Å². The summed E-state index contributed by atoms with van der Waals surface area (Å²) >= 11 is 0. The van der Waals surface area contributed by atoms with Crippen LogP contribution in [0.3, 0.4) is 0 Å². The highest BCUT2D eigenvalue weighted by Gasteiger charge is 2.00. The van der Waals surface area contributed by atoms with Gasteiger partial charge in [-0.05, 0) is 24.1 Å². The van der Waals surface area contributed by atoms with Crippen molar-refractivity contribution < 1.29 is 0 Å². The Kier molecular flexibility index (Phi) is 2.48. The molecule has 0 aliphatic rings. The van der Waals surface area contributed by atoms with Crippen molar-refractivity contribution in [2.24, 2.45) is 0 Å². The maximum absolute atomic E-state index is 4.30. The van der Waals surface area contributed by atoms with E-state index in [1.165, 1.54) is 5.56 Å². The predicted molar refractivity (Wildman–Crippen MR) is 53.4 cm³/mol. The van der Waals surface area contributed by atoms with Crippen LogP contribution in [0, 0.1) is 6.92 Å². The number of aryl methyl sites for hydroxylation is 1. The first kappa shape index (κ1) is 8.78. The highest BCUT2D eigenvalue weighted by atomic mass is 15.1. The number of pyridine rings is 1. The summed E-state index contributed by atoms with van der Waals surface area (Å²) in [5.41, 5.74) is 2.25. The lowest BCUT2D eigenvalue weighted by atomic mass is 10.2. The molecule has 0 amide bonds. The Labute approximate surface area is 73.5 Å². The Morgan fingerprint density at radius 2 is 2.17 bits per heavy atom. The van der Waals surface area contributed by atoms with E-state index in [1.807, 2.05) is 25.2 Å². The zero-order chi connectivity index (χ0) is 9.14. The van der Waals surface area contributed by atoms with Gasteiger partial charge in [-0.1, -0.05) is 12.7 Å². The quantitative estimate of drug-likeness (QED) is 0.662. The molecule has 0 fully saturated rings. The lowest BCUT2D eigenvalue weighted by Gasteiger charge is -2.13. The van der Waals surface area contributed by atoms with E-state index in [0.717, 1.165) is 11.4 Å². The van der Waals surface area contributed by atoms with Crippen molar-refractivity contribution >= 4 is 11.9 Å². The largest absolute Gasteiger partial charge is 0.363 e. The summed E-state index contributed by atoms with van der Waals surface area (Å²) in [4.78, 5) is 6.31. The Morgan fingerprint density at radius 3 is 2.58 bits per heavy atom. The molecule has 2 nitrogen and oxygen atoms in total. The monoisotopic (exact) mass is 162 g/mol. The second kappa shape index (κ2) is 3.39. The van der Waals surface area contributed by atoms with Gasteiger partial charge in [-0.15, -0.1) is 0 Å². The van der Waals surface area contributed by atoms with Gasteiger partial charge in [0.1, 0.15) is 5.82 Å². The fourth-order valence-electron chi connectivity index (χ4n) is 1.17. The van der Waals surface area contributed by atoms with E-state index in [4.69, 9.17) is 0 Å². The van der Waals surface area contributed by atoms with E-state index in [-0.39, 0.29) is 0 Å². The minimum absolute atomic E-state index is 1.01. The van der Waals surface area contributed by atoms with Gasteiger partial charge >= 0.3 is 0 Å². The molecule has 64 valence electrons. The molecule has 0 aromatic carbocycles. The minimum atomic E-state index is 1.01. The van der Waals surface area contributed by atoms with E-state index < -0.39 is 0 Å². The number of rotatable bonds is 2. The first-order valence-corrected chi connectivity index (χ1v) is 3.91. The molecule has 0 spiro atoms. The van der Waals surface area contributed by atoms with Crippen LogP contribution in [0.5, 0.6) is 0 Å². The second-order valence-corrected chi connectivity index (χ2v) is 3.01. The first-order chi connectivity index (χ1) is 5.65. The average molecular weight is 162 g/mol. The number of hydrogen-bond donors (Lipinski definition) is 0. The lowest BCUT2D eigenvalue weighted by molar-refractivity contribution is 1.05. The van der Waals surface area contributed by atoms with E-state index in [2.05, 4.69) is 24.6 Å². The molecule has 1 rings (SSSR count). The van der Waals surface area contributed by atoms with Crippen molar-refractivity contribution in [3.63, 3.8) is 0 Å². The molecule has 1 aromatic heterocycles. The average Bonchev–Trinajstić information content (AvgIpc) is 2.03. The van der Waals surface area contributed by atoms with Crippen molar-refractivity contribution in [1.82, 2.24) is 4.98 Å². The zero-order valence-electron chi connectivity index (χ0n) is 7.83. The molecule has 0 saturated carbocycles. The Morgan fingerprint density at radius 1 is 1.50 bits per heavy atom. The summed E-state index contributed by atoms with van der Waals surface area (Å²) < 4.78 is 0. The smallest absolute Gasteiger partial charge is 0.130 e. The van der Waals surface area contributed by atoms with Crippen LogP contribution in [-0.2, 0) is 0 Å². The van der Waals surface area contributed by atoms with Crippen LogP contribution in [0.1, 0.15) is 11.1 Å². The van der Waals surface area contributed by atoms with E-state index >= 15 is 0 Å². The molecule has 0 N–H and O–H groups in total. The fraction of sp³-hybridized carbons (Fsp3) is 0.300. The first-order valence-electron chi connectivity index (χ1n) is 3.91. The van der Waals surface area contributed by atoms with Gasteiger partial charge in [0.2, 0.25) is 0 Å². The minimum Gasteiger partial charge on any atom is -0.363 e. The summed E-state index contributed by atoms with van der Waals surface area (Å²) in [6.45, 7) is 5.74. The highest BCUT2D eigenvalue weighted by Crippen LogP contribution is 2.15. The molecular formula is C10H14N2. The Hall–Kier alpha value is -1.31. The molecule has 2 heteroatoms. The van der Waals surface area contributed by atoms with Crippen LogP contribution in [-0.4, -0.2) is 19.1 Å². The van der Waals surface area contributed by atoms with E-state index in [1.54, 1.807) is 6.08 Å². The molecular weight excluding hydrogens is 148 g/mol. The third kappa shape index (κ3) is 1.64. The van der Waals surface area contributed by atoms with Gasteiger partial charge in [-0.2, -0.15) is 0 Å². The molecule has 0 aliphatic heterocycles. The zero-order valence-corrected chi connectivity index (χ0v) is 7.83. The van der Waals surface area contributed by atoms with Gasteiger partial charge in [-0.3, -0.25) is 0 Å². The van der Waals surface area contributed by atoms with Crippen molar-refractivity contribution in [2.45, 2.75) is 6.92 Å². The summed E-state index contributed by atoms with van der Waals surface area (Å²) in [7, 11) is 3.98. The molecule has 0 aliphatic carbocycles. The third-order valence-corrected chi connectivity index (χ3v) is 1.73. The highest BCUT2D eigenvalue weighted by molar-refractivity contribution is 5.53. The van der Waals surface area contributed by atoms with Crippen LogP contribution in [0.4, 0.5) is 5.82 Å². The summed E-state index contributed by atoms with van der Waals surface area (Å²) in [5.74, 6) is 1.01. The third-order valence-electron chi connectivity index (χ3n) is 1.73. The molecule has 0 unspecified atom stereocenters. The molecule has 1 aromatic rings. The van der Waals surface area contributed by atoms with E-state index in [0.29, 0.717) is 0 Å². The van der Waals surface area contributed by atoms with Gasteiger partial charge in [0.15, 0.2) is 0 Å². The van der Waals surface area contributed by atoms with Crippen molar-refractivity contribution in [3.8, 4) is 0 Å².